The van der Waals surface area contributed by atoms with Crippen LogP contribution in [0.4, 0.5) is 11.4 Å². The number of nitrogens with one attached hydrogen (secondary N) is 2. The number of aliphatic carboxylic acids is 2. The van der Waals surface area contributed by atoms with Gasteiger partial charge in [-0.05, 0) is 30.3 Å². The number of H-pyrrole nitrogens is 1. The predicted octanol–water partition coefficient (Wildman–Crippen LogP) is 2.92. The Morgan fingerprint density at radius 3 is 2.36 bits per heavy atom. The molecule has 4 N–H and O–H groups in total. The van der Waals surface area contributed by atoms with Gasteiger partial charge in [-0.3, -0.25) is 19.3 Å². The lowest BCUT2D eigenvalue weighted by molar-refractivity contribution is -0.143. The van der Waals surface area contributed by atoms with Crippen LogP contribution >= 0.6 is 0 Å². The number of carboxylic acids is 2. The molecule has 4 rings (SSSR count). The van der Waals surface area contributed by atoms with E-state index in [0.29, 0.717) is 29.7 Å². The summed E-state index contributed by atoms with van der Waals surface area (Å²) in [6.45, 7) is 2.65. The largest absolute Gasteiger partial charge is 0.481 e. The number of benzene rings is 2. The van der Waals surface area contributed by atoms with Crippen LogP contribution in [-0.4, -0.2) is 64.1 Å². The monoisotopic (exact) mass is 450 g/mol. The molecule has 0 unspecified atom stereocenters. The zero-order chi connectivity index (χ0) is 23.4. The summed E-state index contributed by atoms with van der Waals surface area (Å²) in [5.74, 6) is -2.37. The van der Waals surface area contributed by atoms with Crippen molar-refractivity contribution in [1.82, 2.24) is 9.88 Å². The van der Waals surface area contributed by atoms with Crippen LogP contribution in [-0.2, 0) is 14.4 Å². The fourth-order valence-electron chi connectivity index (χ4n) is 4.25. The van der Waals surface area contributed by atoms with Crippen molar-refractivity contribution in [1.29, 1.82) is 0 Å². The number of aromatic amines is 1. The number of nitrogens with zero attached hydrogens (tertiary/aromatic N) is 2. The molecule has 1 fully saturated rings. The lowest BCUT2D eigenvalue weighted by Crippen LogP contribution is -2.49. The minimum absolute atomic E-state index is 0.128. The summed E-state index contributed by atoms with van der Waals surface area (Å²) in [5.41, 5.74) is 3.02. The molecule has 33 heavy (non-hydrogen) atoms. The molecule has 0 saturated carbocycles. The van der Waals surface area contributed by atoms with Crippen molar-refractivity contribution in [3.05, 3.63) is 60.3 Å². The third kappa shape index (κ3) is 5.15. The second-order valence-electron chi connectivity index (χ2n) is 8.05. The maximum absolute atomic E-state index is 12.3. The second kappa shape index (κ2) is 9.74. The molecular formula is C24H26N4O5. The summed E-state index contributed by atoms with van der Waals surface area (Å²) in [5, 5.41) is 22.2. The molecule has 0 radical (unpaired) electrons. The van der Waals surface area contributed by atoms with Gasteiger partial charge in [-0.1, -0.05) is 18.2 Å². The van der Waals surface area contributed by atoms with Gasteiger partial charge in [0, 0.05) is 66.6 Å². The molecule has 0 spiro atoms. The second-order valence-corrected chi connectivity index (χ2v) is 8.05. The van der Waals surface area contributed by atoms with Gasteiger partial charge in [0.25, 0.3) is 0 Å². The van der Waals surface area contributed by atoms with E-state index in [2.05, 4.69) is 27.3 Å². The molecule has 9 heteroatoms. The van der Waals surface area contributed by atoms with E-state index in [1.165, 1.54) is 0 Å². The highest BCUT2D eigenvalue weighted by atomic mass is 16.4. The highest BCUT2D eigenvalue weighted by Crippen LogP contribution is 2.32. The molecule has 1 amide bonds. The maximum atomic E-state index is 12.3. The Hall–Kier alpha value is -3.85. The van der Waals surface area contributed by atoms with Gasteiger partial charge in [-0.25, -0.2) is 0 Å². The highest BCUT2D eigenvalue weighted by molar-refractivity contribution is 5.96. The first-order valence-corrected chi connectivity index (χ1v) is 10.8. The van der Waals surface area contributed by atoms with Crippen LogP contribution in [0.25, 0.3) is 10.9 Å². The summed E-state index contributed by atoms with van der Waals surface area (Å²) in [6, 6.07) is 14.4. The number of rotatable bonds is 8. The van der Waals surface area contributed by atoms with Gasteiger partial charge in [-0.2, -0.15) is 0 Å². The number of aromatic nitrogens is 1. The van der Waals surface area contributed by atoms with Crippen molar-refractivity contribution in [2.45, 2.75) is 18.9 Å². The molecule has 1 atom stereocenters. The summed E-state index contributed by atoms with van der Waals surface area (Å²) >= 11 is 0. The van der Waals surface area contributed by atoms with Crippen LogP contribution in [0.3, 0.4) is 0 Å². The average Bonchev–Trinajstić information content (AvgIpc) is 3.21. The van der Waals surface area contributed by atoms with Crippen molar-refractivity contribution in [3.8, 4) is 0 Å². The van der Waals surface area contributed by atoms with Gasteiger partial charge in [0.2, 0.25) is 5.91 Å². The Kier molecular flexibility index (Phi) is 6.60. The number of amides is 1. The zero-order valence-corrected chi connectivity index (χ0v) is 18.0. The molecule has 1 aliphatic rings. The van der Waals surface area contributed by atoms with Crippen molar-refractivity contribution in [3.63, 3.8) is 0 Å². The first-order valence-electron chi connectivity index (χ1n) is 10.8. The fourth-order valence-corrected chi connectivity index (χ4v) is 4.25. The van der Waals surface area contributed by atoms with Crippen LogP contribution in [0.15, 0.2) is 54.7 Å². The van der Waals surface area contributed by atoms with Crippen LogP contribution in [0.5, 0.6) is 0 Å². The smallest absolute Gasteiger partial charge is 0.325 e. The van der Waals surface area contributed by atoms with E-state index in [-0.39, 0.29) is 12.8 Å². The molecule has 1 aliphatic heterocycles. The topological polar surface area (TPSA) is 126 Å². The van der Waals surface area contributed by atoms with E-state index in [4.69, 9.17) is 5.11 Å². The first-order chi connectivity index (χ1) is 15.9. The Morgan fingerprint density at radius 1 is 0.970 bits per heavy atom. The number of fused-ring (bicyclic) bond motifs is 1. The Labute approximate surface area is 190 Å². The van der Waals surface area contributed by atoms with Crippen LogP contribution < -0.4 is 10.2 Å². The standard InChI is InChI=1S/C24H26N4O5/c29-21(8-9-22(30)31)26-16-6-7-20-18(14-16)19(15-25-20)23(24(32)33)28-12-10-27(11-13-28)17-4-2-1-3-5-17/h1-7,14-15,23,25H,8-13H2,(H,26,29)(H,30,31)(H,32,33)/t23-/m0/s1. The van der Waals surface area contributed by atoms with E-state index in [1.807, 2.05) is 23.1 Å². The van der Waals surface area contributed by atoms with Gasteiger partial charge >= 0.3 is 11.9 Å². The summed E-state index contributed by atoms with van der Waals surface area (Å²) in [4.78, 5) is 42.4. The van der Waals surface area contributed by atoms with Gasteiger partial charge < -0.3 is 25.4 Å². The van der Waals surface area contributed by atoms with Crippen LogP contribution in [0.1, 0.15) is 24.4 Å². The van der Waals surface area contributed by atoms with Crippen LogP contribution in [0.2, 0.25) is 0 Å². The molecule has 172 valence electrons. The van der Waals surface area contributed by atoms with E-state index < -0.39 is 23.9 Å². The number of carbonyl (C=O) groups is 3. The lowest BCUT2D eigenvalue weighted by Gasteiger charge is -2.38. The lowest BCUT2D eigenvalue weighted by atomic mass is 10.0. The summed E-state index contributed by atoms with van der Waals surface area (Å²) in [7, 11) is 0. The predicted molar refractivity (Wildman–Crippen MR) is 124 cm³/mol. The van der Waals surface area contributed by atoms with Gasteiger partial charge in [0.15, 0.2) is 0 Å². The van der Waals surface area contributed by atoms with E-state index >= 15 is 0 Å². The Balaban J connectivity index is 1.52. The average molecular weight is 450 g/mol. The van der Waals surface area contributed by atoms with Gasteiger partial charge in [0.1, 0.15) is 6.04 Å². The molecule has 1 aromatic heterocycles. The molecule has 0 bridgehead atoms. The number of hydrogen-bond acceptors (Lipinski definition) is 5. The molecule has 9 nitrogen and oxygen atoms in total. The fraction of sp³-hybridized carbons (Fsp3) is 0.292. The molecule has 0 aliphatic carbocycles. The molecular weight excluding hydrogens is 424 g/mol. The number of para-hydroxylation sites is 1. The minimum Gasteiger partial charge on any atom is -0.481 e. The third-order valence-corrected chi connectivity index (χ3v) is 5.89. The zero-order valence-electron chi connectivity index (χ0n) is 18.0. The van der Waals surface area contributed by atoms with E-state index in [0.717, 1.165) is 24.3 Å². The minimum atomic E-state index is -1.04. The van der Waals surface area contributed by atoms with Crippen molar-refractivity contribution >= 4 is 40.1 Å². The number of anilines is 2. The molecule has 3 aromatic rings. The quantitative estimate of drug-likeness (QED) is 0.416. The normalized spacial score (nSPS) is 15.3. The van der Waals surface area contributed by atoms with Crippen molar-refractivity contribution < 1.29 is 24.6 Å². The van der Waals surface area contributed by atoms with Crippen molar-refractivity contribution in [2.24, 2.45) is 0 Å². The number of carboxylic acid groups (broad SMARTS) is 2. The van der Waals surface area contributed by atoms with Crippen LogP contribution in [0, 0.1) is 0 Å². The summed E-state index contributed by atoms with van der Waals surface area (Å²) in [6.07, 6.45) is 1.33. The number of carbonyl (C=O) groups excluding carboxylic acids is 1. The maximum Gasteiger partial charge on any atom is 0.325 e. The molecule has 2 heterocycles. The molecule has 2 aromatic carbocycles. The first kappa shape index (κ1) is 22.3. The Bertz CT molecular complexity index is 1150. The van der Waals surface area contributed by atoms with Gasteiger partial charge in [0.05, 0.1) is 6.42 Å². The Morgan fingerprint density at radius 2 is 1.70 bits per heavy atom. The third-order valence-electron chi connectivity index (χ3n) is 5.89. The highest BCUT2D eigenvalue weighted by Gasteiger charge is 2.32. The number of piperazine rings is 1. The summed E-state index contributed by atoms with van der Waals surface area (Å²) < 4.78 is 0. The SMILES string of the molecule is O=C(O)CCC(=O)Nc1ccc2[nH]cc([C@@H](C(=O)O)N3CCN(c4ccccc4)CC3)c2c1. The van der Waals surface area contributed by atoms with Crippen molar-refractivity contribution in [2.75, 3.05) is 36.4 Å². The van der Waals surface area contributed by atoms with E-state index in [9.17, 15) is 19.5 Å². The molecule has 1 saturated heterocycles. The number of hydrogen-bond donors (Lipinski definition) is 4. The van der Waals surface area contributed by atoms with E-state index in [1.54, 1.807) is 24.4 Å². The van der Waals surface area contributed by atoms with Gasteiger partial charge in [-0.15, -0.1) is 0 Å².